The second kappa shape index (κ2) is 7.87. The first kappa shape index (κ1) is 21.2. The number of hydrogen-bond acceptors (Lipinski definition) is 3. The number of anilines is 1. The molecular weight excluding hydrogens is 405 g/mol. The second-order valence-electron chi connectivity index (χ2n) is 8.27. The van der Waals surface area contributed by atoms with Gasteiger partial charge in [-0.3, -0.25) is 9.59 Å². The number of likely N-dealkylation sites (tertiary alicyclic amines) is 1. The van der Waals surface area contributed by atoms with E-state index in [4.69, 9.17) is 0 Å². The third-order valence-electron chi connectivity index (χ3n) is 5.83. The summed E-state index contributed by atoms with van der Waals surface area (Å²) < 4.78 is 38.8. The number of aryl methyl sites for hydroxylation is 1. The number of piperidine rings is 1. The van der Waals surface area contributed by atoms with Crippen molar-refractivity contribution in [2.45, 2.75) is 32.9 Å². The number of amides is 2. The van der Waals surface area contributed by atoms with Crippen molar-refractivity contribution in [2.24, 2.45) is 5.92 Å². The highest BCUT2D eigenvalue weighted by molar-refractivity contribution is 6.45. The Morgan fingerprint density at radius 3 is 2.16 bits per heavy atom. The molecule has 4 rings (SSSR count). The number of nitrogens with zero attached hydrogens (tertiary/aromatic N) is 2. The molecular formula is C24H23F3N2O2. The minimum absolute atomic E-state index is 0.132. The number of rotatable bonds is 3. The van der Waals surface area contributed by atoms with Crippen LogP contribution in [0.25, 0.3) is 5.57 Å². The van der Waals surface area contributed by atoms with Gasteiger partial charge in [0.25, 0.3) is 11.8 Å². The van der Waals surface area contributed by atoms with Crippen LogP contribution in [-0.4, -0.2) is 29.8 Å². The van der Waals surface area contributed by atoms with Crippen molar-refractivity contribution in [2.75, 3.05) is 18.0 Å². The standard InChI is InChI=1S/C24H23F3N2O2/c1-15-5-7-17(8-6-15)20-21(28-13-3-4-16(2)14-28)23(31)29(22(20)30)19-11-9-18(10-12-19)24(25,26)27/h5-12,16H,3-4,13-14H2,1-2H3. The maximum Gasteiger partial charge on any atom is 0.416 e. The maximum absolute atomic E-state index is 13.4. The highest BCUT2D eigenvalue weighted by Gasteiger charge is 2.43. The maximum atomic E-state index is 13.4. The van der Waals surface area contributed by atoms with E-state index in [0.29, 0.717) is 35.8 Å². The third-order valence-corrected chi connectivity index (χ3v) is 5.83. The predicted octanol–water partition coefficient (Wildman–Crippen LogP) is 5.03. The number of hydrogen-bond donors (Lipinski definition) is 0. The molecule has 0 aliphatic carbocycles. The monoisotopic (exact) mass is 428 g/mol. The average molecular weight is 428 g/mol. The van der Waals surface area contributed by atoms with Gasteiger partial charge in [0.2, 0.25) is 0 Å². The number of carbonyl (C=O) groups excluding carboxylic acids is 2. The fourth-order valence-electron chi connectivity index (χ4n) is 4.22. The molecule has 2 aliphatic heterocycles. The summed E-state index contributed by atoms with van der Waals surface area (Å²) in [6.45, 7) is 5.36. The van der Waals surface area contributed by atoms with E-state index in [9.17, 15) is 22.8 Å². The first-order chi connectivity index (χ1) is 14.7. The first-order valence-corrected chi connectivity index (χ1v) is 10.3. The molecule has 0 aromatic heterocycles. The Morgan fingerprint density at radius 1 is 0.935 bits per heavy atom. The van der Waals surface area contributed by atoms with E-state index >= 15 is 0 Å². The summed E-state index contributed by atoms with van der Waals surface area (Å²) >= 11 is 0. The number of carbonyl (C=O) groups is 2. The number of alkyl halides is 3. The Kier molecular flexibility index (Phi) is 5.37. The van der Waals surface area contributed by atoms with Crippen molar-refractivity contribution in [3.05, 3.63) is 70.9 Å². The lowest BCUT2D eigenvalue weighted by Gasteiger charge is -2.33. The van der Waals surface area contributed by atoms with Crippen LogP contribution >= 0.6 is 0 Å². The van der Waals surface area contributed by atoms with Crippen LogP contribution in [-0.2, 0) is 15.8 Å². The van der Waals surface area contributed by atoms with Gasteiger partial charge in [0.05, 0.1) is 16.8 Å². The molecule has 1 fully saturated rings. The molecule has 31 heavy (non-hydrogen) atoms. The fourth-order valence-corrected chi connectivity index (χ4v) is 4.22. The predicted molar refractivity (Wildman–Crippen MR) is 112 cm³/mol. The zero-order chi connectivity index (χ0) is 22.3. The summed E-state index contributed by atoms with van der Waals surface area (Å²) in [5.74, 6) is -0.625. The molecule has 0 saturated carbocycles. The van der Waals surface area contributed by atoms with Gasteiger partial charge < -0.3 is 4.90 Å². The molecule has 2 amide bonds. The van der Waals surface area contributed by atoms with E-state index in [1.165, 1.54) is 12.1 Å². The van der Waals surface area contributed by atoms with Crippen LogP contribution in [0.2, 0.25) is 0 Å². The van der Waals surface area contributed by atoms with E-state index in [1.807, 2.05) is 24.0 Å². The largest absolute Gasteiger partial charge is 0.416 e. The Labute approximate surface area is 179 Å². The molecule has 2 aromatic carbocycles. The molecule has 1 saturated heterocycles. The summed E-state index contributed by atoms with van der Waals surface area (Å²) in [6, 6.07) is 11.5. The lowest BCUT2D eigenvalue weighted by atomic mass is 9.97. The first-order valence-electron chi connectivity index (χ1n) is 10.3. The SMILES string of the molecule is Cc1ccc(C2=C(N3CCCC(C)C3)C(=O)N(c3ccc(C(F)(F)F)cc3)C2=O)cc1. The minimum Gasteiger partial charge on any atom is -0.366 e. The summed E-state index contributed by atoms with van der Waals surface area (Å²) in [6.07, 6.45) is -2.53. The van der Waals surface area contributed by atoms with Gasteiger partial charge in [0.15, 0.2) is 0 Å². The molecule has 1 unspecified atom stereocenters. The van der Waals surface area contributed by atoms with Crippen LogP contribution in [0.5, 0.6) is 0 Å². The molecule has 2 aromatic rings. The van der Waals surface area contributed by atoms with Crippen LogP contribution in [0.4, 0.5) is 18.9 Å². The summed E-state index contributed by atoms with van der Waals surface area (Å²) in [4.78, 5) is 29.8. The Bertz CT molecular complexity index is 1040. The molecule has 2 heterocycles. The van der Waals surface area contributed by atoms with Crippen LogP contribution < -0.4 is 4.90 Å². The Balaban J connectivity index is 1.77. The van der Waals surface area contributed by atoms with E-state index in [1.54, 1.807) is 12.1 Å². The topological polar surface area (TPSA) is 40.6 Å². The Hall–Kier alpha value is -3.09. The third kappa shape index (κ3) is 3.96. The highest BCUT2D eigenvalue weighted by atomic mass is 19.4. The molecule has 162 valence electrons. The van der Waals surface area contributed by atoms with Gasteiger partial charge in [-0.2, -0.15) is 13.2 Å². The average Bonchev–Trinajstić information content (AvgIpc) is 2.98. The van der Waals surface area contributed by atoms with Gasteiger partial charge in [-0.05, 0) is 55.5 Å². The number of halogens is 3. The quantitative estimate of drug-likeness (QED) is 0.644. The molecule has 0 bridgehead atoms. The van der Waals surface area contributed by atoms with E-state index < -0.39 is 23.6 Å². The van der Waals surface area contributed by atoms with Crippen molar-refractivity contribution in [1.29, 1.82) is 0 Å². The van der Waals surface area contributed by atoms with Crippen LogP contribution in [0.3, 0.4) is 0 Å². The minimum atomic E-state index is -4.49. The van der Waals surface area contributed by atoms with Crippen LogP contribution in [0.15, 0.2) is 54.2 Å². The second-order valence-corrected chi connectivity index (χ2v) is 8.27. The van der Waals surface area contributed by atoms with Gasteiger partial charge in [-0.25, -0.2) is 4.90 Å². The van der Waals surface area contributed by atoms with Crippen molar-refractivity contribution in [3.8, 4) is 0 Å². The van der Waals surface area contributed by atoms with E-state index in [-0.39, 0.29) is 5.69 Å². The molecule has 1 atom stereocenters. The van der Waals surface area contributed by atoms with Gasteiger partial charge >= 0.3 is 6.18 Å². The zero-order valence-corrected chi connectivity index (χ0v) is 17.4. The smallest absolute Gasteiger partial charge is 0.366 e. The normalized spacial score (nSPS) is 20.1. The number of imide groups is 1. The Morgan fingerprint density at radius 2 is 1.58 bits per heavy atom. The van der Waals surface area contributed by atoms with Crippen molar-refractivity contribution < 1.29 is 22.8 Å². The van der Waals surface area contributed by atoms with Gasteiger partial charge in [0, 0.05) is 13.1 Å². The lowest BCUT2D eigenvalue weighted by molar-refractivity contribution is -0.137. The van der Waals surface area contributed by atoms with Crippen molar-refractivity contribution in [1.82, 2.24) is 4.90 Å². The summed E-state index contributed by atoms with van der Waals surface area (Å²) in [7, 11) is 0. The zero-order valence-electron chi connectivity index (χ0n) is 17.4. The van der Waals surface area contributed by atoms with E-state index in [2.05, 4.69) is 6.92 Å². The van der Waals surface area contributed by atoms with Gasteiger partial charge in [-0.1, -0.05) is 36.8 Å². The van der Waals surface area contributed by atoms with Crippen molar-refractivity contribution in [3.63, 3.8) is 0 Å². The molecule has 0 spiro atoms. The highest BCUT2D eigenvalue weighted by Crippen LogP contribution is 2.37. The van der Waals surface area contributed by atoms with Gasteiger partial charge in [0.1, 0.15) is 5.70 Å². The molecule has 2 aliphatic rings. The number of benzene rings is 2. The van der Waals surface area contributed by atoms with Crippen LogP contribution in [0, 0.1) is 12.8 Å². The molecule has 0 radical (unpaired) electrons. The van der Waals surface area contributed by atoms with Crippen LogP contribution in [0.1, 0.15) is 36.5 Å². The summed E-state index contributed by atoms with van der Waals surface area (Å²) in [5.41, 5.74) is 1.60. The van der Waals surface area contributed by atoms with Gasteiger partial charge in [-0.15, -0.1) is 0 Å². The molecule has 7 heteroatoms. The molecule has 4 nitrogen and oxygen atoms in total. The fraction of sp³-hybridized carbons (Fsp3) is 0.333. The summed E-state index contributed by atoms with van der Waals surface area (Å²) in [5, 5.41) is 0. The van der Waals surface area contributed by atoms with Crippen molar-refractivity contribution >= 4 is 23.1 Å². The lowest BCUT2D eigenvalue weighted by Crippen LogP contribution is -2.39. The van der Waals surface area contributed by atoms with E-state index in [0.717, 1.165) is 35.4 Å². The molecule has 0 N–H and O–H groups in total.